The van der Waals surface area contributed by atoms with Crippen molar-refractivity contribution in [2.24, 2.45) is 5.92 Å². The van der Waals surface area contributed by atoms with Gasteiger partial charge >= 0.3 is 24.4 Å². The number of amides is 4. The number of nitrogens with zero attached hydrogens (tertiary/aromatic N) is 5. The van der Waals surface area contributed by atoms with Crippen LogP contribution in [0.15, 0.2) is 243 Å². The number of anilines is 1. The quantitative estimate of drug-likeness (QED) is 0.0304. The molecule has 20 rings (SSSR count). The monoisotopic (exact) mass is 2090 g/mol. The van der Waals surface area contributed by atoms with Gasteiger partial charge in [-0.2, -0.15) is 0 Å². The number of sulfonamides is 1. The van der Waals surface area contributed by atoms with Crippen LogP contribution in [-0.4, -0.2) is 203 Å². The maximum absolute atomic E-state index is 13.5. The van der Waals surface area contributed by atoms with Crippen LogP contribution in [0.2, 0.25) is 35.2 Å². The zero-order chi connectivity index (χ0) is 100. The summed E-state index contributed by atoms with van der Waals surface area (Å²) in [5, 5.41) is 40.1. The molecule has 35 heteroatoms. The van der Waals surface area contributed by atoms with Gasteiger partial charge in [-0.1, -0.05) is 156 Å². The largest absolute Gasteiger partial charge is 0.493 e. The van der Waals surface area contributed by atoms with Gasteiger partial charge in [0.1, 0.15) is 78.3 Å². The molecule has 9 heterocycles. The average Bonchev–Trinajstić information content (AvgIpc) is 1.62. The zero-order valence-electron chi connectivity index (χ0n) is 78.7. The van der Waals surface area contributed by atoms with Crippen LogP contribution in [0.1, 0.15) is 118 Å². The topological polar surface area (TPSA) is 331 Å². The number of piperidine rings is 1. The lowest BCUT2D eigenvalue weighted by Crippen LogP contribution is -2.42. The number of aromatic amines is 4. The summed E-state index contributed by atoms with van der Waals surface area (Å²) in [5.74, 6) is 3.72. The number of rotatable bonds is 22. The number of hydrogen-bond acceptors (Lipinski definition) is 18. The number of aliphatic hydroxyl groups is 3. The maximum atomic E-state index is 13.5. The average molecular weight is 2090 g/mol. The lowest BCUT2D eigenvalue weighted by Gasteiger charge is -2.35. The summed E-state index contributed by atoms with van der Waals surface area (Å²) in [7, 11) is 0.135. The molecule has 0 radical (unpaired) electrons. The molecule has 0 aliphatic carbocycles. The van der Waals surface area contributed by atoms with E-state index < -0.39 is 58.7 Å². The van der Waals surface area contributed by atoms with Crippen molar-refractivity contribution in [3.8, 4) is 34.5 Å². The third-order valence-electron chi connectivity index (χ3n) is 25.7. The summed E-state index contributed by atoms with van der Waals surface area (Å²) >= 11 is 43.4. The van der Waals surface area contributed by atoms with Crippen LogP contribution in [0.25, 0.3) is 43.6 Å². The predicted octanol–water partition coefficient (Wildman–Crippen LogP) is 23.0. The number of para-hydroxylation sites is 1. The summed E-state index contributed by atoms with van der Waals surface area (Å²) in [6, 6.07) is 72.0. The number of methoxy groups -OCH3 is 1. The number of carbonyl (C=O) groups excluding carboxylic acids is 4. The highest BCUT2D eigenvalue weighted by Gasteiger charge is 2.42. The maximum Gasteiger partial charge on any atom is 0.416 e. The minimum atomic E-state index is -3.41. The molecule has 1 fully saturated rings. The molecule has 9 N–H and O–H groups in total. The number of nitrogens with one attached hydrogen (secondary N) is 6. The van der Waals surface area contributed by atoms with Gasteiger partial charge in [-0.15, -0.1) is 0 Å². The van der Waals surface area contributed by atoms with E-state index in [1.165, 1.54) is 25.5 Å². The second-order valence-corrected chi connectivity index (χ2v) is 40.9. The van der Waals surface area contributed by atoms with Gasteiger partial charge in [0, 0.05) is 153 Å². The molecular formula is C108H106Cl7N11O16S. The van der Waals surface area contributed by atoms with Gasteiger partial charge in [-0.05, 0) is 279 Å². The molecule has 0 spiro atoms. The van der Waals surface area contributed by atoms with Gasteiger partial charge in [-0.25, -0.2) is 27.6 Å². The number of benzene rings is 11. The molecule has 5 aliphatic rings. The van der Waals surface area contributed by atoms with E-state index in [2.05, 4.69) is 41.9 Å². The number of fused-ring (bicyclic) bond motifs is 12. The first-order chi connectivity index (χ1) is 68.9. The SMILES string of the molecule is CC(C)NCC(O)COc1ccc(C2c3[nH]c4ccc(Cl)cc4c3CCN2C(=O)Oc2ccc(Cl)cc2)cc1.CN1CCCC(COc2ccc(C3c4[nH]c5ccc(Cl)cc5c4CCN3C(=O)Oc3ccccc3Cl)cc2)C1.COC(=O)N1CCc2c([nH]c3ccc(Cl)cc23)C1c1ccc(OCC(O)CO)cc1.CS(=O)(=O)Nc1ccc(C2c3[nH]c4ccc(Cl)cc4c3CCN2C(=O)Oc2ccc(Cl)cc2)cc1. The number of hydrogen-bond donors (Lipinski definition) is 9. The normalized spacial score (nSPS) is 17.0. The van der Waals surface area contributed by atoms with E-state index in [1.54, 1.807) is 129 Å². The Bertz CT molecular complexity index is 7180. The lowest BCUT2D eigenvalue weighted by atomic mass is 9.92. The summed E-state index contributed by atoms with van der Waals surface area (Å²) in [6.45, 7) is 9.16. The Hall–Kier alpha value is -12.4. The first-order valence-corrected chi connectivity index (χ1v) is 51.4. The van der Waals surface area contributed by atoms with E-state index >= 15 is 0 Å². The van der Waals surface area contributed by atoms with E-state index in [1.807, 2.05) is 147 Å². The van der Waals surface area contributed by atoms with Crippen LogP contribution in [0, 0.1) is 5.92 Å². The third-order valence-corrected chi connectivity index (χ3v) is 28.1. The summed E-state index contributed by atoms with van der Waals surface area (Å²) in [5.41, 5.74) is 16.1. The van der Waals surface area contributed by atoms with Crippen molar-refractivity contribution in [1.29, 1.82) is 0 Å². The van der Waals surface area contributed by atoms with Crippen LogP contribution in [0.4, 0.5) is 24.9 Å². The minimum absolute atomic E-state index is 0.000482. The minimum Gasteiger partial charge on any atom is -0.493 e. The molecular weight excluding hydrogens is 1990 g/mol. The summed E-state index contributed by atoms with van der Waals surface area (Å²) in [4.78, 5) is 76.0. The smallest absolute Gasteiger partial charge is 0.416 e. The second-order valence-electron chi connectivity index (χ2n) is 36.1. The Morgan fingerprint density at radius 2 is 0.769 bits per heavy atom. The van der Waals surface area contributed by atoms with Gasteiger partial charge in [-0.3, -0.25) is 24.3 Å². The van der Waals surface area contributed by atoms with E-state index in [9.17, 15) is 37.8 Å². The lowest BCUT2D eigenvalue weighted by molar-refractivity contribution is 0.0536. The van der Waals surface area contributed by atoms with Crippen LogP contribution in [0.3, 0.4) is 0 Å². The fourth-order valence-corrected chi connectivity index (χ4v) is 20.7. The van der Waals surface area contributed by atoms with Gasteiger partial charge in [0.2, 0.25) is 10.0 Å². The molecule has 5 aliphatic heterocycles. The molecule has 1 saturated heterocycles. The van der Waals surface area contributed by atoms with Crippen molar-refractivity contribution >= 4 is 165 Å². The first kappa shape index (κ1) is 102. The Balaban J connectivity index is 0.000000132. The molecule has 4 amide bonds. The summed E-state index contributed by atoms with van der Waals surface area (Å²) in [6.07, 6.45) is 2.81. The molecule has 0 bridgehead atoms. The fourth-order valence-electron chi connectivity index (χ4n) is 19.0. The van der Waals surface area contributed by atoms with Crippen LogP contribution in [0.5, 0.6) is 34.5 Å². The van der Waals surface area contributed by atoms with Crippen molar-refractivity contribution in [3.63, 3.8) is 0 Å². The molecule has 4 aromatic heterocycles. The highest BCUT2D eigenvalue weighted by molar-refractivity contribution is 7.92. The van der Waals surface area contributed by atoms with E-state index in [0.29, 0.717) is 141 Å². The number of aromatic nitrogens is 4. The molecule has 744 valence electrons. The van der Waals surface area contributed by atoms with Crippen LogP contribution < -0.4 is 38.5 Å². The predicted molar refractivity (Wildman–Crippen MR) is 560 cm³/mol. The Labute approximate surface area is 862 Å². The Morgan fingerprint density at radius 1 is 0.427 bits per heavy atom. The number of H-pyrrole nitrogens is 4. The molecule has 15 aromatic rings. The molecule has 0 saturated carbocycles. The van der Waals surface area contributed by atoms with Crippen molar-refractivity contribution in [2.75, 3.05) is 97.4 Å². The second kappa shape index (κ2) is 45.7. The molecule has 7 unspecified atom stereocenters. The summed E-state index contributed by atoms with van der Waals surface area (Å²) < 4.78 is 65.3. The highest BCUT2D eigenvalue weighted by atomic mass is 35.5. The van der Waals surface area contributed by atoms with Crippen molar-refractivity contribution < 1.29 is 76.1 Å². The Kier molecular flexibility index (Phi) is 32.6. The van der Waals surface area contributed by atoms with Crippen LogP contribution in [-0.2, 0) is 40.4 Å². The standard InChI is InChI=1S/C31H31Cl2N3O3.C30H31Cl2N3O4.C25H21Cl2N3O4S.C22H23ClN2O5/c1-35-15-4-5-20(18-35)19-38-23-11-8-21(9-12-23)30-29-24(25-17-22(32)10-13-27(25)34-29)14-16-36(30)31(37)39-28-7-3-2-6-26(28)33;1-18(2)33-16-22(36)17-38-23-8-3-19(4-9-23)29-28-25(26-15-21(32)7-12-27(26)34-28)13-14-35(29)30(37)39-24-10-5-20(31)6-11-24;1-35(32,33)29-18-7-2-15(3-8-18)24-23-20(21-14-17(27)6-11-22(21)28-23)12-13-30(24)25(31)34-19-9-4-16(26)5-10-19;1-29-22(28)25-9-8-17-18-10-14(23)4-7-19(18)24-20(17)21(25)13-2-5-16(6-3-13)30-12-15(27)11-26/h2-3,6-13,17,20,30,34H,4-5,14-16,18-19H2,1H3;3-12,15,18,22,29,33-34,36H,13-14,16-17H2,1-2H3;2-11,14,24,28-29H,12-13H2,1H3;2-7,10,15,21,24,26-27H,8-9,11-12H2,1H3. The highest BCUT2D eigenvalue weighted by Crippen LogP contribution is 2.47. The molecule has 11 aromatic carbocycles. The van der Waals surface area contributed by atoms with Crippen molar-refractivity contribution in [3.05, 3.63) is 345 Å². The van der Waals surface area contributed by atoms with E-state index in [-0.39, 0.29) is 37.9 Å². The molecule has 7 atom stereocenters. The molecule has 143 heavy (non-hydrogen) atoms. The number of carbonyl (C=O) groups is 4. The first-order valence-electron chi connectivity index (χ1n) is 46.8. The van der Waals surface area contributed by atoms with Crippen molar-refractivity contribution in [2.45, 2.75) is 94.8 Å². The van der Waals surface area contributed by atoms with Crippen molar-refractivity contribution in [1.82, 2.24) is 49.8 Å². The van der Waals surface area contributed by atoms with E-state index in [0.717, 1.165) is 130 Å². The number of ether oxygens (including phenoxy) is 7. The van der Waals surface area contributed by atoms with Gasteiger partial charge < -0.3 is 78.6 Å². The number of halogens is 7. The fraction of sp³-hybridized carbons (Fsp3) is 0.278. The number of likely N-dealkylation sites (tertiary alicyclic amines) is 1. The Morgan fingerprint density at radius 3 is 1.13 bits per heavy atom. The van der Waals surface area contributed by atoms with Gasteiger partial charge in [0.05, 0.1) is 31.6 Å². The van der Waals surface area contributed by atoms with Gasteiger partial charge in [0.15, 0.2) is 5.75 Å². The number of aliphatic hydroxyl groups excluding tert-OH is 3. The molecule has 27 nitrogen and oxygen atoms in total. The van der Waals surface area contributed by atoms with E-state index in [4.69, 9.17) is 119 Å². The van der Waals surface area contributed by atoms with Gasteiger partial charge in [0.25, 0.3) is 0 Å². The third kappa shape index (κ3) is 24.5. The zero-order valence-corrected chi connectivity index (χ0v) is 84.8. The van der Waals surface area contributed by atoms with Crippen LogP contribution >= 0.6 is 81.2 Å².